The Bertz CT molecular complexity index is 523. The Labute approximate surface area is 106 Å². The average Bonchev–Trinajstić information content (AvgIpc) is 2.46. The molecule has 2 aromatic carbocycles. The summed E-state index contributed by atoms with van der Waals surface area (Å²) in [4.78, 5) is 11.1. The van der Waals surface area contributed by atoms with Crippen molar-refractivity contribution in [2.45, 2.75) is 6.61 Å². The highest BCUT2D eigenvalue weighted by Gasteiger charge is 2.06. The average molecular weight is 241 g/mol. The second-order valence-corrected chi connectivity index (χ2v) is 3.85. The Morgan fingerprint density at radius 3 is 2.44 bits per heavy atom. The van der Waals surface area contributed by atoms with Crippen LogP contribution in [0.25, 0.3) is 11.1 Å². The predicted octanol–water partition coefficient (Wildman–Crippen LogP) is 3.21. The third-order valence-electron chi connectivity index (χ3n) is 2.67. The van der Waals surface area contributed by atoms with E-state index >= 15 is 0 Å². The van der Waals surface area contributed by atoms with E-state index in [0.717, 1.165) is 16.7 Å². The van der Waals surface area contributed by atoms with Crippen molar-refractivity contribution in [1.29, 1.82) is 0 Å². The topological polar surface area (TPSA) is 38.3 Å². The summed E-state index contributed by atoms with van der Waals surface area (Å²) in [6.45, 7) is 0.269. The summed E-state index contributed by atoms with van der Waals surface area (Å²) in [5, 5.41) is 2.43. The molecule has 2 aromatic rings. The standard InChI is InChI=1S/C15H15NO2/c1-16-15(17)18-11-13-9-5-6-10-14(13)12-7-3-2-4-8-12/h2-10H,11H2,1H3,(H,16,17). The van der Waals surface area contributed by atoms with Crippen molar-refractivity contribution in [3.8, 4) is 11.1 Å². The molecule has 0 aliphatic carbocycles. The predicted molar refractivity (Wildman–Crippen MR) is 71.1 cm³/mol. The van der Waals surface area contributed by atoms with Gasteiger partial charge in [-0.3, -0.25) is 0 Å². The Balaban J connectivity index is 2.24. The lowest BCUT2D eigenvalue weighted by molar-refractivity contribution is 0.142. The van der Waals surface area contributed by atoms with Gasteiger partial charge < -0.3 is 10.1 Å². The largest absolute Gasteiger partial charge is 0.445 e. The highest BCUT2D eigenvalue weighted by atomic mass is 16.5. The van der Waals surface area contributed by atoms with E-state index in [1.165, 1.54) is 0 Å². The van der Waals surface area contributed by atoms with E-state index in [1.807, 2.05) is 54.6 Å². The van der Waals surface area contributed by atoms with E-state index in [0.29, 0.717) is 0 Å². The monoisotopic (exact) mass is 241 g/mol. The number of hydrogen-bond acceptors (Lipinski definition) is 2. The number of carbonyl (C=O) groups is 1. The number of alkyl carbamates (subject to hydrolysis) is 1. The van der Waals surface area contributed by atoms with Gasteiger partial charge in [-0.2, -0.15) is 0 Å². The number of hydrogen-bond donors (Lipinski definition) is 1. The summed E-state index contributed by atoms with van der Waals surface area (Å²) in [6.07, 6.45) is -0.419. The normalized spacial score (nSPS) is 9.83. The van der Waals surface area contributed by atoms with Crippen LogP contribution in [0.2, 0.25) is 0 Å². The maximum absolute atomic E-state index is 11.1. The number of carbonyl (C=O) groups excluding carboxylic acids is 1. The van der Waals surface area contributed by atoms with Crippen LogP contribution in [0.4, 0.5) is 4.79 Å². The minimum Gasteiger partial charge on any atom is -0.445 e. The molecule has 1 amide bonds. The smallest absolute Gasteiger partial charge is 0.407 e. The minimum atomic E-state index is -0.419. The fourth-order valence-corrected chi connectivity index (χ4v) is 1.76. The van der Waals surface area contributed by atoms with Crippen LogP contribution in [0.1, 0.15) is 5.56 Å². The Morgan fingerprint density at radius 2 is 1.72 bits per heavy atom. The number of amides is 1. The van der Waals surface area contributed by atoms with Crippen LogP contribution < -0.4 is 5.32 Å². The lowest BCUT2D eigenvalue weighted by Crippen LogP contribution is -2.19. The van der Waals surface area contributed by atoms with Gasteiger partial charge >= 0.3 is 6.09 Å². The lowest BCUT2D eigenvalue weighted by atomic mass is 10.0. The summed E-state index contributed by atoms with van der Waals surface area (Å²) in [5.74, 6) is 0. The van der Waals surface area contributed by atoms with Gasteiger partial charge in [-0.15, -0.1) is 0 Å². The molecular weight excluding hydrogens is 226 g/mol. The molecule has 0 aromatic heterocycles. The van der Waals surface area contributed by atoms with Crippen LogP contribution in [0.3, 0.4) is 0 Å². The number of nitrogens with one attached hydrogen (secondary N) is 1. The highest BCUT2D eigenvalue weighted by Crippen LogP contribution is 2.23. The van der Waals surface area contributed by atoms with E-state index in [1.54, 1.807) is 7.05 Å². The van der Waals surface area contributed by atoms with Gasteiger partial charge in [0.25, 0.3) is 0 Å². The summed E-state index contributed by atoms with van der Waals surface area (Å²) in [6, 6.07) is 18.0. The molecule has 0 fully saturated rings. The van der Waals surface area contributed by atoms with Crippen molar-refractivity contribution >= 4 is 6.09 Å². The molecule has 0 radical (unpaired) electrons. The van der Waals surface area contributed by atoms with Crippen LogP contribution in [0.5, 0.6) is 0 Å². The first kappa shape index (κ1) is 12.2. The van der Waals surface area contributed by atoms with Gasteiger partial charge in [-0.05, 0) is 16.7 Å². The lowest BCUT2D eigenvalue weighted by Gasteiger charge is -2.10. The highest BCUT2D eigenvalue weighted by molar-refractivity contribution is 5.69. The molecule has 0 saturated heterocycles. The number of rotatable bonds is 3. The quantitative estimate of drug-likeness (QED) is 0.896. The van der Waals surface area contributed by atoms with Crippen LogP contribution in [0, 0.1) is 0 Å². The summed E-state index contributed by atoms with van der Waals surface area (Å²) in [5.41, 5.74) is 3.20. The molecule has 0 saturated carbocycles. The van der Waals surface area contributed by atoms with E-state index in [9.17, 15) is 4.79 Å². The maximum Gasteiger partial charge on any atom is 0.407 e. The summed E-state index contributed by atoms with van der Waals surface area (Å²) < 4.78 is 5.09. The number of benzene rings is 2. The first-order valence-electron chi connectivity index (χ1n) is 5.79. The van der Waals surface area contributed by atoms with Crippen molar-refractivity contribution in [2.75, 3.05) is 7.05 Å². The molecule has 3 heteroatoms. The van der Waals surface area contributed by atoms with Crippen molar-refractivity contribution < 1.29 is 9.53 Å². The van der Waals surface area contributed by atoms with Crippen molar-refractivity contribution in [3.63, 3.8) is 0 Å². The SMILES string of the molecule is CNC(=O)OCc1ccccc1-c1ccccc1. The van der Waals surface area contributed by atoms with Gasteiger partial charge in [-0.1, -0.05) is 54.6 Å². The molecular formula is C15H15NO2. The molecule has 0 unspecified atom stereocenters. The Kier molecular flexibility index (Phi) is 3.97. The molecule has 18 heavy (non-hydrogen) atoms. The third-order valence-corrected chi connectivity index (χ3v) is 2.67. The summed E-state index contributed by atoms with van der Waals surface area (Å²) in [7, 11) is 1.55. The zero-order valence-corrected chi connectivity index (χ0v) is 10.2. The molecule has 0 aliphatic heterocycles. The molecule has 0 spiro atoms. The van der Waals surface area contributed by atoms with Crippen molar-refractivity contribution in [3.05, 3.63) is 60.2 Å². The van der Waals surface area contributed by atoms with Crippen molar-refractivity contribution in [1.82, 2.24) is 5.32 Å². The van der Waals surface area contributed by atoms with Gasteiger partial charge in [-0.25, -0.2) is 4.79 Å². The van der Waals surface area contributed by atoms with E-state index < -0.39 is 6.09 Å². The maximum atomic E-state index is 11.1. The fourth-order valence-electron chi connectivity index (χ4n) is 1.76. The van der Waals surface area contributed by atoms with E-state index in [2.05, 4.69) is 5.32 Å². The van der Waals surface area contributed by atoms with Gasteiger partial charge in [0.05, 0.1) is 0 Å². The Morgan fingerprint density at radius 1 is 1.06 bits per heavy atom. The Hall–Kier alpha value is -2.29. The molecule has 2 rings (SSSR count). The molecule has 1 N–H and O–H groups in total. The zero-order chi connectivity index (χ0) is 12.8. The van der Waals surface area contributed by atoms with E-state index in [4.69, 9.17) is 4.74 Å². The fraction of sp³-hybridized carbons (Fsp3) is 0.133. The van der Waals surface area contributed by atoms with Crippen LogP contribution >= 0.6 is 0 Å². The molecule has 0 aliphatic rings. The molecule has 0 heterocycles. The minimum absolute atomic E-state index is 0.269. The zero-order valence-electron chi connectivity index (χ0n) is 10.2. The summed E-state index contributed by atoms with van der Waals surface area (Å²) >= 11 is 0. The van der Waals surface area contributed by atoms with Gasteiger partial charge in [0.2, 0.25) is 0 Å². The third kappa shape index (κ3) is 2.88. The van der Waals surface area contributed by atoms with Crippen molar-refractivity contribution in [2.24, 2.45) is 0 Å². The molecule has 92 valence electrons. The van der Waals surface area contributed by atoms with Gasteiger partial charge in [0, 0.05) is 7.05 Å². The number of ether oxygens (including phenoxy) is 1. The molecule has 0 bridgehead atoms. The first-order valence-corrected chi connectivity index (χ1v) is 5.79. The van der Waals surface area contributed by atoms with Gasteiger partial charge in [0.1, 0.15) is 6.61 Å². The first-order chi connectivity index (χ1) is 8.81. The molecule has 0 atom stereocenters. The van der Waals surface area contributed by atoms with E-state index in [-0.39, 0.29) is 6.61 Å². The van der Waals surface area contributed by atoms with Crippen LogP contribution in [-0.4, -0.2) is 13.1 Å². The second-order valence-electron chi connectivity index (χ2n) is 3.85. The van der Waals surface area contributed by atoms with Gasteiger partial charge in [0.15, 0.2) is 0 Å². The molecule has 3 nitrogen and oxygen atoms in total. The van der Waals surface area contributed by atoms with Crippen LogP contribution in [0.15, 0.2) is 54.6 Å². The van der Waals surface area contributed by atoms with Crippen LogP contribution in [-0.2, 0) is 11.3 Å². The second kappa shape index (κ2) is 5.87.